The molecular weight excluding hydrogens is 272 g/mol. The maximum absolute atomic E-state index is 12.1. The second-order valence-electron chi connectivity index (χ2n) is 4.59. The Morgan fingerprint density at radius 3 is 2.55 bits per heavy atom. The van der Waals surface area contributed by atoms with Crippen molar-refractivity contribution in [2.45, 2.75) is 24.7 Å². The molecule has 0 bridgehead atoms. The molecule has 2 aromatic rings. The first-order valence-corrected chi connectivity index (χ1v) is 8.03. The fourth-order valence-corrected chi connectivity index (χ4v) is 3.28. The van der Waals surface area contributed by atoms with Gasteiger partial charge in [-0.15, -0.1) is 0 Å². The summed E-state index contributed by atoms with van der Waals surface area (Å²) in [7, 11) is -3.42. The van der Waals surface area contributed by atoms with Crippen LogP contribution in [0.3, 0.4) is 0 Å². The van der Waals surface area contributed by atoms with Gasteiger partial charge in [-0.05, 0) is 43.5 Å². The van der Waals surface area contributed by atoms with Crippen molar-refractivity contribution in [3.05, 3.63) is 59.9 Å². The highest BCUT2D eigenvalue weighted by Crippen LogP contribution is 2.13. The van der Waals surface area contributed by atoms with Crippen molar-refractivity contribution in [1.82, 2.24) is 9.71 Å². The highest BCUT2D eigenvalue weighted by molar-refractivity contribution is 7.89. The van der Waals surface area contributed by atoms with Gasteiger partial charge >= 0.3 is 0 Å². The molecule has 20 heavy (non-hydrogen) atoms. The summed E-state index contributed by atoms with van der Waals surface area (Å²) in [5, 5.41) is 0. The van der Waals surface area contributed by atoms with Crippen molar-refractivity contribution in [3.63, 3.8) is 0 Å². The Morgan fingerprint density at radius 2 is 1.85 bits per heavy atom. The van der Waals surface area contributed by atoms with Crippen molar-refractivity contribution in [2.75, 3.05) is 6.54 Å². The third-order valence-corrected chi connectivity index (χ3v) is 4.63. The lowest BCUT2D eigenvalue weighted by Crippen LogP contribution is -2.25. The molecule has 1 aromatic carbocycles. The van der Waals surface area contributed by atoms with E-state index in [0.717, 1.165) is 24.1 Å². The molecule has 1 N–H and O–H groups in total. The zero-order valence-corrected chi connectivity index (χ0v) is 12.2. The Bertz CT molecular complexity index is 655. The fraction of sp³-hybridized carbons (Fsp3) is 0.267. The Labute approximate surface area is 119 Å². The zero-order valence-electron chi connectivity index (χ0n) is 11.4. The summed E-state index contributed by atoms with van der Waals surface area (Å²) in [6, 6.07) is 12.7. The highest BCUT2D eigenvalue weighted by Gasteiger charge is 2.14. The summed E-state index contributed by atoms with van der Waals surface area (Å²) in [4.78, 5) is 4.55. The van der Waals surface area contributed by atoms with Gasteiger partial charge in [-0.3, -0.25) is 4.98 Å². The fourth-order valence-electron chi connectivity index (χ4n) is 1.96. The van der Waals surface area contributed by atoms with E-state index in [2.05, 4.69) is 9.71 Å². The molecule has 0 spiro atoms. The van der Waals surface area contributed by atoms with E-state index in [4.69, 9.17) is 0 Å². The van der Waals surface area contributed by atoms with E-state index in [-0.39, 0.29) is 0 Å². The lowest BCUT2D eigenvalue weighted by Gasteiger charge is -2.08. The van der Waals surface area contributed by atoms with Crippen LogP contribution in [0.4, 0.5) is 0 Å². The van der Waals surface area contributed by atoms with Crippen molar-refractivity contribution in [2.24, 2.45) is 0 Å². The number of pyridine rings is 1. The van der Waals surface area contributed by atoms with E-state index in [0.29, 0.717) is 11.4 Å². The van der Waals surface area contributed by atoms with Gasteiger partial charge in [0, 0.05) is 18.4 Å². The van der Waals surface area contributed by atoms with Gasteiger partial charge in [0.05, 0.1) is 4.90 Å². The lowest BCUT2D eigenvalue weighted by molar-refractivity contribution is 0.578. The van der Waals surface area contributed by atoms with Crippen molar-refractivity contribution in [1.29, 1.82) is 0 Å². The summed E-state index contributed by atoms with van der Waals surface area (Å²) in [6.45, 7) is 2.20. The van der Waals surface area contributed by atoms with E-state index < -0.39 is 10.0 Å². The smallest absolute Gasteiger partial charge is 0.240 e. The summed E-state index contributed by atoms with van der Waals surface area (Å²) in [5.74, 6) is 0. The van der Waals surface area contributed by atoms with Gasteiger partial charge in [0.15, 0.2) is 0 Å². The minimum Gasteiger partial charge on any atom is -0.261 e. The molecule has 4 nitrogen and oxygen atoms in total. The topological polar surface area (TPSA) is 59.1 Å². The SMILES string of the molecule is Cc1ccccc1S(=O)(=O)NCCCc1ccccn1. The van der Waals surface area contributed by atoms with E-state index in [1.54, 1.807) is 31.3 Å². The van der Waals surface area contributed by atoms with E-state index in [1.807, 2.05) is 24.3 Å². The van der Waals surface area contributed by atoms with Crippen molar-refractivity contribution < 1.29 is 8.42 Å². The van der Waals surface area contributed by atoms with Crippen LogP contribution in [0.25, 0.3) is 0 Å². The Hall–Kier alpha value is -1.72. The molecule has 0 aliphatic rings. The molecule has 0 amide bonds. The van der Waals surface area contributed by atoms with Crippen LogP contribution in [0.5, 0.6) is 0 Å². The van der Waals surface area contributed by atoms with Crippen LogP contribution in [0.1, 0.15) is 17.7 Å². The van der Waals surface area contributed by atoms with Gasteiger partial charge in [-0.25, -0.2) is 13.1 Å². The molecule has 106 valence electrons. The normalized spacial score (nSPS) is 11.4. The number of hydrogen-bond donors (Lipinski definition) is 1. The molecule has 0 unspecified atom stereocenters. The molecule has 5 heteroatoms. The van der Waals surface area contributed by atoms with Crippen LogP contribution in [0.2, 0.25) is 0 Å². The van der Waals surface area contributed by atoms with Crippen molar-refractivity contribution in [3.8, 4) is 0 Å². The van der Waals surface area contributed by atoms with Gasteiger partial charge in [0.2, 0.25) is 10.0 Å². The number of nitrogens with zero attached hydrogens (tertiary/aromatic N) is 1. The summed E-state index contributed by atoms with van der Waals surface area (Å²) >= 11 is 0. The van der Waals surface area contributed by atoms with Crippen LogP contribution in [0.15, 0.2) is 53.6 Å². The summed E-state index contributed by atoms with van der Waals surface area (Å²) in [6.07, 6.45) is 3.23. The van der Waals surface area contributed by atoms with E-state index in [1.165, 1.54) is 0 Å². The maximum Gasteiger partial charge on any atom is 0.240 e. The van der Waals surface area contributed by atoms with E-state index in [9.17, 15) is 8.42 Å². The maximum atomic E-state index is 12.1. The average Bonchev–Trinajstić information content (AvgIpc) is 2.45. The average molecular weight is 290 g/mol. The molecule has 0 saturated carbocycles. The lowest BCUT2D eigenvalue weighted by atomic mass is 10.2. The Balaban J connectivity index is 1.89. The number of hydrogen-bond acceptors (Lipinski definition) is 3. The number of sulfonamides is 1. The van der Waals surface area contributed by atoms with Gasteiger partial charge in [0.25, 0.3) is 0 Å². The van der Waals surface area contributed by atoms with Gasteiger partial charge < -0.3 is 0 Å². The Kier molecular flexibility index (Phi) is 4.87. The summed E-state index contributed by atoms with van der Waals surface area (Å²) in [5.41, 5.74) is 1.73. The quantitative estimate of drug-likeness (QED) is 0.830. The predicted octanol–water partition coefficient (Wildman–Crippen LogP) is 2.30. The van der Waals surface area contributed by atoms with Gasteiger partial charge in [-0.1, -0.05) is 24.3 Å². The molecule has 2 rings (SSSR count). The molecule has 0 saturated heterocycles. The number of nitrogens with one attached hydrogen (secondary N) is 1. The second-order valence-corrected chi connectivity index (χ2v) is 6.32. The molecule has 0 radical (unpaired) electrons. The second kappa shape index (κ2) is 6.63. The number of rotatable bonds is 6. The van der Waals surface area contributed by atoms with E-state index >= 15 is 0 Å². The molecule has 0 fully saturated rings. The number of aromatic nitrogens is 1. The predicted molar refractivity (Wildman–Crippen MR) is 78.9 cm³/mol. The first kappa shape index (κ1) is 14.7. The van der Waals surface area contributed by atoms with Crippen LogP contribution in [-0.2, 0) is 16.4 Å². The first-order valence-electron chi connectivity index (χ1n) is 6.55. The van der Waals surface area contributed by atoms with Crippen molar-refractivity contribution >= 4 is 10.0 Å². The third kappa shape index (κ3) is 3.88. The van der Waals surface area contributed by atoms with Crippen LogP contribution < -0.4 is 4.72 Å². The standard InChI is InChI=1S/C15H18N2O2S/c1-13-7-2-3-10-15(13)20(18,19)17-12-6-9-14-8-4-5-11-16-14/h2-5,7-8,10-11,17H,6,9,12H2,1H3. The van der Waals surface area contributed by atoms with Crippen LogP contribution >= 0.6 is 0 Å². The largest absolute Gasteiger partial charge is 0.261 e. The molecule has 0 atom stereocenters. The van der Waals surface area contributed by atoms with Gasteiger partial charge in [0.1, 0.15) is 0 Å². The van der Waals surface area contributed by atoms with Crippen LogP contribution in [0, 0.1) is 6.92 Å². The van der Waals surface area contributed by atoms with Crippen LogP contribution in [-0.4, -0.2) is 19.9 Å². The zero-order chi connectivity index (χ0) is 14.4. The molecule has 0 aliphatic carbocycles. The molecular formula is C15H18N2O2S. The molecule has 1 aromatic heterocycles. The summed E-state index contributed by atoms with van der Waals surface area (Å²) < 4.78 is 26.9. The monoisotopic (exact) mass is 290 g/mol. The number of aryl methyl sites for hydroxylation is 2. The molecule has 0 aliphatic heterocycles. The van der Waals surface area contributed by atoms with Gasteiger partial charge in [-0.2, -0.15) is 0 Å². The number of benzene rings is 1. The Morgan fingerprint density at radius 1 is 1.10 bits per heavy atom. The minimum atomic E-state index is -3.42. The third-order valence-electron chi connectivity index (χ3n) is 3.01. The minimum absolute atomic E-state index is 0.345. The first-order chi connectivity index (χ1) is 9.59. The molecule has 1 heterocycles. The highest BCUT2D eigenvalue weighted by atomic mass is 32.2.